The highest BCUT2D eigenvalue weighted by Gasteiger charge is 2.00. The Labute approximate surface area is 96.1 Å². The molecule has 0 aliphatic carbocycles. The number of hydrogen-bond donors (Lipinski definition) is 1. The van der Waals surface area contributed by atoms with Crippen molar-refractivity contribution in [3.63, 3.8) is 0 Å². The van der Waals surface area contributed by atoms with E-state index < -0.39 is 0 Å². The van der Waals surface area contributed by atoms with Crippen LogP contribution >= 0.6 is 0 Å². The van der Waals surface area contributed by atoms with Crippen LogP contribution in [0, 0.1) is 0 Å². The van der Waals surface area contributed by atoms with Crippen molar-refractivity contribution in [2.45, 2.75) is 26.4 Å². The average molecular weight is 218 g/mol. The van der Waals surface area contributed by atoms with Crippen LogP contribution in [0.2, 0.25) is 0 Å². The molecule has 2 rings (SSSR count). The Hall–Kier alpha value is -1.48. The van der Waals surface area contributed by atoms with E-state index in [-0.39, 0.29) is 0 Å². The maximum absolute atomic E-state index is 5.61. The molecule has 2 heterocycles. The van der Waals surface area contributed by atoms with E-state index in [2.05, 4.69) is 35.3 Å². The van der Waals surface area contributed by atoms with Gasteiger partial charge in [-0.2, -0.15) is 0 Å². The molecule has 0 amide bonds. The van der Waals surface area contributed by atoms with Crippen LogP contribution in [0.25, 0.3) is 0 Å². The number of rotatable bonds is 5. The van der Waals surface area contributed by atoms with E-state index in [9.17, 15) is 0 Å². The molecule has 0 aliphatic rings. The molecule has 16 heavy (non-hydrogen) atoms. The van der Waals surface area contributed by atoms with Crippen molar-refractivity contribution in [1.29, 1.82) is 0 Å². The predicted octanol–water partition coefficient (Wildman–Crippen LogP) is 2.47. The zero-order valence-electron chi connectivity index (χ0n) is 9.86. The second-order valence-corrected chi connectivity index (χ2v) is 4.01. The van der Waals surface area contributed by atoms with Crippen molar-refractivity contribution in [3.05, 3.63) is 47.7 Å². The summed E-state index contributed by atoms with van der Waals surface area (Å²) < 4.78 is 7.66. The minimum absolute atomic E-state index is 0.787. The van der Waals surface area contributed by atoms with Gasteiger partial charge in [-0.25, -0.2) is 0 Å². The van der Waals surface area contributed by atoms with E-state index in [0.29, 0.717) is 0 Å². The predicted molar refractivity (Wildman–Crippen MR) is 64.0 cm³/mol. The van der Waals surface area contributed by atoms with Gasteiger partial charge in [0.2, 0.25) is 0 Å². The lowest BCUT2D eigenvalue weighted by Crippen LogP contribution is -2.11. The molecular formula is C13H18N2O. The third-order valence-corrected chi connectivity index (χ3v) is 2.59. The lowest BCUT2D eigenvalue weighted by atomic mass is 10.3. The number of nitrogens with one attached hydrogen (secondary N) is 1. The highest BCUT2D eigenvalue weighted by atomic mass is 16.3. The fourth-order valence-electron chi connectivity index (χ4n) is 1.70. The molecule has 0 saturated heterocycles. The molecule has 1 N–H and O–H groups in total. The minimum atomic E-state index is 0.787. The molecular weight excluding hydrogens is 200 g/mol. The van der Waals surface area contributed by atoms with Crippen LogP contribution in [0.5, 0.6) is 0 Å². The highest BCUT2D eigenvalue weighted by molar-refractivity contribution is 5.10. The van der Waals surface area contributed by atoms with Crippen molar-refractivity contribution in [1.82, 2.24) is 9.88 Å². The van der Waals surface area contributed by atoms with Gasteiger partial charge in [0.05, 0.1) is 6.54 Å². The Kier molecular flexibility index (Phi) is 3.47. The molecule has 0 saturated carbocycles. The summed E-state index contributed by atoms with van der Waals surface area (Å²) in [6.45, 7) is 3.76. The summed E-state index contributed by atoms with van der Waals surface area (Å²) in [7, 11) is 2.03. The quantitative estimate of drug-likeness (QED) is 0.835. The second kappa shape index (κ2) is 5.03. The Bertz CT molecular complexity index is 442. The first-order chi connectivity index (χ1) is 7.78. The summed E-state index contributed by atoms with van der Waals surface area (Å²) in [6, 6.07) is 6.20. The highest BCUT2D eigenvalue weighted by Crippen LogP contribution is 2.08. The van der Waals surface area contributed by atoms with Crippen LogP contribution in [0.3, 0.4) is 0 Å². The van der Waals surface area contributed by atoms with Gasteiger partial charge in [0, 0.05) is 32.4 Å². The van der Waals surface area contributed by atoms with Crippen LogP contribution in [-0.4, -0.2) is 4.57 Å². The van der Waals surface area contributed by atoms with Crippen LogP contribution < -0.4 is 5.32 Å². The van der Waals surface area contributed by atoms with E-state index in [1.54, 1.807) is 0 Å². The zero-order chi connectivity index (χ0) is 11.4. The lowest BCUT2D eigenvalue weighted by molar-refractivity contribution is 0.450. The van der Waals surface area contributed by atoms with Gasteiger partial charge < -0.3 is 14.3 Å². The summed E-state index contributed by atoms with van der Waals surface area (Å²) in [6.07, 6.45) is 5.13. The molecule has 0 bridgehead atoms. The number of furan rings is 1. The van der Waals surface area contributed by atoms with Gasteiger partial charge in [-0.1, -0.05) is 6.92 Å². The van der Waals surface area contributed by atoms with Crippen LogP contribution in [0.15, 0.2) is 35.0 Å². The average Bonchev–Trinajstić information content (AvgIpc) is 2.88. The Morgan fingerprint density at radius 1 is 1.19 bits per heavy atom. The van der Waals surface area contributed by atoms with Gasteiger partial charge in [0.1, 0.15) is 11.5 Å². The van der Waals surface area contributed by atoms with Crippen LogP contribution in [-0.2, 0) is 26.6 Å². The van der Waals surface area contributed by atoms with Crippen molar-refractivity contribution in [2.75, 3.05) is 0 Å². The molecule has 0 spiro atoms. The third kappa shape index (κ3) is 2.76. The molecule has 2 aromatic heterocycles. The monoisotopic (exact) mass is 218 g/mol. The number of hydrogen-bond acceptors (Lipinski definition) is 2. The molecule has 0 atom stereocenters. The standard InChI is InChI=1S/C13H18N2O/c1-3-12-4-5-13(16-12)9-14-8-11-6-7-15(2)10-11/h4-7,10,14H,3,8-9H2,1-2H3. The summed E-state index contributed by atoms with van der Waals surface area (Å²) in [5.41, 5.74) is 1.30. The van der Waals surface area contributed by atoms with Gasteiger partial charge in [-0.15, -0.1) is 0 Å². The van der Waals surface area contributed by atoms with Gasteiger partial charge in [-0.05, 0) is 23.8 Å². The van der Waals surface area contributed by atoms with E-state index in [1.165, 1.54) is 5.56 Å². The lowest BCUT2D eigenvalue weighted by Gasteiger charge is -2.00. The SMILES string of the molecule is CCc1ccc(CNCc2ccn(C)c2)o1. The van der Waals surface area contributed by atoms with Crippen LogP contribution in [0.1, 0.15) is 24.0 Å². The Morgan fingerprint density at radius 3 is 2.62 bits per heavy atom. The van der Waals surface area contributed by atoms with Crippen molar-refractivity contribution in [3.8, 4) is 0 Å². The van der Waals surface area contributed by atoms with Crippen molar-refractivity contribution in [2.24, 2.45) is 7.05 Å². The first-order valence-electron chi connectivity index (χ1n) is 5.67. The Balaban J connectivity index is 1.79. The van der Waals surface area contributed by atoms with Crippen molar-refractivity contribution < 1.29 is 4.42 Å². The normalized spacial score (nSPS) is 10.9. The van der Waals surface area contributed by atoms with E-state index in [0.717, 1.165) is 31.0 Å². The van der Waals surface area contributed by atoms with E-state index in [1.807, 2.05) is 19.2 Å². The molecule has 3 nitrogen and oxygen atoms in total. The summed E-state index contributed by atoms with van der Waals surface area (Å²) >= 11 is 0. The minimum Gasteiger partial charge on any atom is -0.465 e. The molecule has 86 valence electrons. The fourth-order valence-corrected chi connectivity index (χ4v) is 1.70. The molecule has 0 aliphatic heterocycles. The van der Waals surface area contributed by atoms with E-state index in [4.69, 9.17) is 4.42 Å². The van der Waals surface area contributed by atoms with Crippen LogP contribution in [0.4, 0.5) is 0 Å². The van der Waals surface area contributed by atoms with Crippen molar-refractivity contribution >= 4 is 0 Å². The largest absolute Gasteiger partial charge is 0.465 e. The smallest absolute Gasteiger partial charge is 0.117 e. The van der Waals surface area contributed by atoms with Gasteiger partial charge in [0.25, 0.3) is 0 Å². The molecule has 0 fully saturated rings. The van der Waals surface area contributed by atoms with Gasteiger partial charge in [0.15, 0.2) is 0 Å². The molecule has 0 radical (unpaired) electrons. The van der Waals surface area contributed by atoms with Gasteiger partial charge in [-0.3, -0.25) is 0 Å². The topological polar surface area (TPSA) is 30.1 Å². The molecule has 2 aromatic rings. The first-order valence-corrected chi connectivity index (χ1v) is 5.67. The number of aryl methyl sites for hydroxylation is 2. The maximum Gasteiger partial charge on any atom is 0.117 e. The maximum atomic E-state index is 5.61. The third-order valence-electron chi connectivity index (χ3n) is 2.59. The Morgan fingerprint density at radius 2 is 2.00 bits per heavy atom. The van der Waals surface area contributed by atoms with Gasteiger partial charge >= 0.3 is 0 Å². The van der Waals surface area contributed by atoms with E-state index >= 15 is 0 Å². The fraction of sp³-hybridized carbons (Fsp3) is 0.385. The first kappa shape index (κ1) is 11.0. The summed E-state index contributed by atoms with van der Waals surface area (Å²) in [5, 5.41) is 3.36. The summed E-state index contributed by atoms with van der Waals surface area (Å²) in [4.78, 5) is 0. The number of aromatic nitrogens is 1. The molecule has 0 aromatic carbocycles. The molecule has 0 unspecified atom stereocenters. The second-order valence-electron chi connectivity index (χ2n) is 4.01. The number of nitrogens with zero attached hydrogens (tertiary/aromatic N) is 1. The summed E-state index contributed by atoms with van der Waals surface area (Å²) in [5.74, 6) is 2.06. The molecule has 3 heteroatoms. The zero-order valence-corrected chi connectivity index (χ0v) is 9.86.